The minimum Gasteiger partial charge on any atom is -0.369 e. The zero-order valence-electron chi connectivity index (χ0n) is 11.2. The van der Waals surface area contributed by atoms with Crippen molar-refractivity contribution in [2.24, 2.45) is 17.4 Å². The predicted octanol–water partition coefficient (Wildman–Crippen LogP) is 1.09. The van der Waals surface area contributed by atoms with E-state index in [1.807, 2.05) is 6.92 Å². The highest BCUT2D eigenvalue weighted by molar-refractivity contribution is 5.76. The molecule has 1 atom stereocenters. The summed E-state index contributed by atoms with van der Waals surface area (Å²) in [5.41, 5.74) is 11.4. The molecule has 1 rings (SSSR count). The molecular formula is C13H27N3O. The quantitative estimate of drug-likeness (QED) is 0.708. The van der Waals surface area contributed by atoms with Crippen molar-refractivity contribution in [3.8, 4) is 0 Å². The second-order valence-corrected chi connectivity index (χ2v) is 5.53. The van der Waals surface area contributed by atoms with Gasteiger partial charge in [-0.3, -0.25) is 9.69 Å². The fourth-order valence-electron chi connectivity index (χ4n) is 2.82. The minimum absolute atomic E-state index is 0.0835. The van der Waals surface area contributed by atoms with Crippen LogP contribution in [0.5, 0.6) is 0 Å². The highest BCUT2D eigenvalue weighted by atomic mass is 16.1. The maximum absolute atomic E-state index is 11.1. The molecule has 1 saturated carbocycles. The molecule has 0 radical (unpaired) electrons. The Labute approximate surface area is 105 Å². The fourth-order valence-corrected chi connectivity index (χ4v) is 2.82. The zero-order chi connectivity index (χ0) is 12.9. The summed E-state index contributed by atoms with van der Waals surface area (Å²) in [7, 11) is 2.08. The molecule has 4 nitrogen and oxygen atoms in total. The zero-order valence-corrected chi connectivity index (χ0v) is 11.2. The molecule has 0 saturated heterocycles. The lowest BCUT2D eigenvalue weighted by molar-refractivity contribution is -0.122. The SMILES string of the molecule is CC(CN(C)C1(CN)CCCCCC1)C(N)=O. The third-order valence-corrected chi connectivity index (χ3v) is 4.26. The van der Waals surface area contributed by atoms with Gasteiger partial charge in [0.15, 0.2) is 0 Å². The third kappa shape index (κ3) is 3.68. The maximum Gasteiger partial charge on any atom is 0.221 e. The van der Waals surface area contributed by atoms with Crippen LogP contribution in [0.1, 0.15) is 45.4 Å². The number of primary amides is 1. The van der Waals surface area contributed by atoms with Crippen LogP contribution in [0.15, 0.2) is 0 Å². The van der Waals surface area contributed by atoms with Gasteiger partial charge in [0.2, 0.25) is 5.91 Å². The summed E-state index contributed by atoms with van der Waals surface area (Å²) in [6.45, 7) is 3.28. The second-order valence-electron chi connectivity index (χ2n) is 5.53. The molecule has 1 unspecified atom stereocenters. The van der Waals surface area contributed by atoms with Gasteiger partial charge in [-0.25, -0.2) is 0 Å². The Morgan fingerprint density at radius 2 is 1.82 bits per heavy atom. The van der Waals surface area contributed by atoms with Crippen LogP contribution in [0.2, 0.25) is 0 Å². The maximum atomic E-state index is 11.1. The van der Waals surface area contributed by atoms with Crippen LogP contribution < -0.4 is 11.5 Å². The van der Waals surface area contributed by atoms with E-state index < -0.39 is 0 Å². The first kappa shape index (κ1) is 14.5. The molecule has 0 aliphatic heterocycles. The van der Waals surface area contributed by atoms with Gasteiger partial charge in [-0.2, -0.15) is 0 Å². The molecule has 0 aromatic carbocycles. The number of hydrogen-bond acceptors (Lipinski definition) is 3. The Hall–Kier alpha value is -0.610. The standard InChI is InChI=1S/C13H27N3O/c1-11(12(15)17)9-16(2)13(10-14)7-5-3-4-6-8-13/h11H,3-10,14H2,1-2H3,(H2,15,17). The van der Waals surface area contributed by atoms with Crippen LogP contribution in [0.4, 0.5) is 0 Å². The number of hydrogen-bond donors (Lipinski definition) is 2. The molecular weight excluding hydrogens is 214 g/mol. The first-order chi connectivity index (χ1) is 8.02. The van der Waals surface area contributed by atoms with Crippen LogP contribution in [0, 0.1) is 5.92 Å². The molecule has 4 heteroatoms. The smallest absolute Gasteiger partial charge is 0.221 e. The Kier molecular flexibility index (Phi) is 5.40. The molecule has 1 aliphatic carbocycles. The number of nitrogens with zero attached hydrogens (tertiary/aromatic N) is 1. The van der Waals surface area contributed by atoms with Crippen LogP contribution in [-0.4, -0.2) is 36.5 Å². The van der Waals surface area contributed by atoms with Crippen molar-refractivity contribution < 1.29 is 4.79 Å². The summed E-state index contributed by atoms with van der Waals surface area (Å²) in [5.74, 6) is -0.329. The molecule has 0 heterocycles. The summed E-state index contributed by atoms with van der Waals surface area (Å²) in [4.78, 5) is 13.4. The van der Waals surface area contributed by atoms with Gasteiger partial charge < -0.3 is 11.5 Å². The van der Waals surface area contributed by atoms with Crippen LogP contribution in [0.25, 0.3) is 0 Å². The molecule has 0 bridgehead atoms. The number of likely N-dealkylation sites (N-methyl/N-ethyl adjacent to an activating group) is 1. The topological polar surface area (TPSA) is 72.3 Å². The highest BCUT2D eigenvalue weighted by Crippen LogP contribution is 2.31. The van der Waals surface area contributed by atoms with Crippen molar-refractivity contribution in [1.82, 2.24) is 4.90 Å². The third-order valence-electron chi connectivity index (χ3n) is 4.26. The average molecular weight is 241 g/mol. The van der Waals surface area contributed by atoms with E-state index in [1.165, 1.54) is 25.7 Å². The summed E-state index contributed by atoms with van der Waals surface area (Å²) >= 11 is 0. The molecule has 1 amide bonds. The summed E-state index contributed by atoms with van der Waals surface area (Å²) in [6, 6.07) is 0. The molecule has 1 aliphatic rings. The van der Waals surface area contributed by atoms with Gasteiger partial charge in [0.25, 0.3) is 0 Å². The van der Waals surface area contributed by atoms with Crippen molar-refractivity contribution in [2.75, 3.05) is 20.1 Å². The molecule has 100 valence electrons. The summed E-state index contributed by atoms with van der Waals surface area (Å²) in [6.07, 6.45) is 7.39. The lowest BCUT2D eigenvalue weighted by Gasteiger charge is -2.41. The van der Waals surface area contributed by atoms with Gasteiger partial charge in [0, 0.05) is 24.5 Å². The Morgan fingerprint density at radius 1 is 1.29 bits per heavy atom. The van der Waals surface area contributed by atoms with Crippen molar-refractivity contribution in [3.05, 3.63) is 0 Å². The van der Waals surface area contributed by atoms with E-state index in [9.17, 15) is 4.79 Å². The van der Waals surface area contributed by atoms with Gasteiger partial charge >= 0.3 is 0 Å². The summed E-state index contributed by atoms with van der Waals surface area (Å²) < 4.78 is 0. The molecule has 0 aromatic heterocycles. The number of rotatable bonds is 5. The Balaban J connectivity index is 2.66. The molecule has 17 heavy (non-hydrogen) atoms. The fraction of sp³-hybridized carbons (Fsp3) is 0.923. The van der Waals surface area contributed by atoms with Crippen LogP contribution >= 0.6 is 0 Å². The van der Waals surface area contributed by atoms with Gasteiger partial charge in [-0.1, -0.05) is 32.6 Å². The normalized spacial score (nSPS) is 22.1. The van der Waals surface area contributed by atoms with E-state index in [0.717, 1.165) is 12.8 Å². The van der Waals surface area contributed by atoms with E-state index in [-0.39, 0.29) is 17.4 Å². The van der Waals surface area contributed by atoms with Crippen molar-refractivity contribution in [1.29, 1.82) is 0 Å². The lowest BCUT2D eigenvalue weighted by atomic mass is 9.88. The van der Waals surface area contributed by atoms with Crippen LogP contribution in [0.3, 0.4) is 0 Å². The monoisotopic (exact) mass is 241 g/mol. The lowest BCUT2D eigenvalue weighted by Crippen LogP contribution is -2.53. The number of carbonyl (C=O) groups is 1. The van der Waals surface area contributed by atoms with Gasteiger partial charge in [-0.15, -0.1) is 0 Å². The first-order valence-electron chi connectivity index (χ1n) is 6.72. The number of amides is 1. The molecule has 0 aromatic rings. The van der Waals surface area contributed by atoms with E-state index in [4.69, 9.17) is 11.5 Å². The number of nitrogens with two attached hydrogens (primary N) is 2. The predicted molar refractivity (Wildman–Crippen MR) is 70.5 cm³/mol. The van der Waals surface area contributed by atoms with Crippen molar-refractivity contribution in [2.45, 2.75) is 51.0 Å². The largest absolute Gasteiger partial charge is 0.369 e. The number of carbonyl (C=O) groups excluding carboxylic acids is 1. The molecule has 1 fully saturated rings. The van der Waals surface area contributed by atoms with Crippen molar-refractivity contribution in [3.63, 3.8) is 0 Å². The highest BCUT2D eigenvalue weighted by Gasteiger charge is 2.34. The van der Waals surface area contributed by atoms with E-state index in [0.29, 0.717) is 13.1 Å². The van der Waals surface area contributed by atoms with Gasteiger partial charge in [0.1, 0.15) is 0 Å². The van der Waals surface area contributed by atoms with E-state index in [1.54, 1.807) is 0 Å². The van der Waals surface area contributed by atoms with Gasteiger partial charge in [0.05, 0.1) is 0 Å². The van der Waals surface area contributed by atoms with Crippen molar-refractivity contribution >= 4 is 5.91 Å². The molecule has 4 N–H and O–H groups in total. The Bertz CT molecular complexity index is 247. The van der Waals surface area contributed by atoms with Gasteiger partial charge in [-0.05, 0) is 19.9 Å². The minimum atomic E-state index is -0.224. The Morgan fingerprint density at radius 3 is 2.24 bits per heavy atom. The van der Waals surface area contributed by atoms with E-state index >= 15 is 0 Å². The first-order valence-corrected chi connectivity index (χ1v) is 6.72. The average Bonchev–Trinajstić information content (AvgIpc) is 2.54. The van der Waals surface area contributed by atoms with E-state index in [2.05, 4.69) is 11.9 Å². The van der Waals surface area contributed by atoms with Crippen LogP contribution in [-0.2, 0) is 4.79 Å². The molecule has 0 spiro atoms. The second kappa shape index (κ2) is 6.36. The summed E-state index contributed by atoms with van der Waals surface area (Å²) in [5, 5.41) is 0.